The van der Waals surface area contributed by atoms with Crippen molar-refractivity contribution in [3.05, 3.63) is 65.7 Å². The standard InChI is InChI=1S/C15H23N3O.C8H8O.C5H11N3O.CH4O2/c1-11(18-15(19)14-4-3-9-17-14)10-12-5-7-13(16-2)8-6-12;1-2-4-7(5-3-1)8-6-9-8;6-5(7)8-3-1-2-4-9;2-1-3/h5-8,11,14,16-17H,3-4,9-10H2,1-2H3,(H,18,19);1-5,8H,6H2;4H,1-3H2,(H4,6,7,8);2-3H,1H2. The van der Waals surface area contributed by atoms with Crippen LogP contribution in [0.3, 0.4) is 0 Å². The fourth-order valence-corrected chi connectivity index (χ4v) is 3.75. The molecular formula is C29H46N6O5. The van der Waals surface area contributed by atoms with Crippen molar-refractivity contribution in [3.63, 3.8) is 0 Å². The van der Waals surface area contributed by atoms with Crippen molar-refractivity contribution in [2.45, 2.75) is 57.2 Å². The molecule has 11 nitrogen and oxygen atoms in total. The normalized spacial score (nSPS) is 17.2. The highest BCUT2D eigenvalue weighted by atomic mass is 16.6. The van der Waals surface area contributed by atoms with Gasteiger partial charge in [-0.05, 0) is 62.4 Å². The number of aliphatic hydroxyl groups excluding tert-OH is 1. The second-order valence-corrected chi connectivity index (χ2v) is 9.20. The molecule has 1 amide bonds. The Morgan fingerprint density at radius 2 is 1.82 bits per heavy atom. The van der Waals surface area contributed by atoms with E-state index in [1.165, 1.54) is 11.1 Å². The summed E-state index contributed by atoms with van der Waals surface area (Å²) >= 11 is 0. The molecule has 3 unspecified atom stereocenters. The first kappa shape index (κ1) is 34.5. The number of hydrogen-bond acceptors (Lipinski definition) is 8. The molecule has 2 aliphatic rings. The van der Waals surface area contributed by atoms with Gasteiger partial charge in [0, 0.05) is 31.7 Å². The third kappa shape index (κ3) is 16.5. The largest absolute Gasteiger partial charge is 0.388 e. The number of epoxide rings is 1. The zero-order chi connectivity index (χ0) is 29.6. The van der Waals surface area contributed by atoms with Gasteiger partial charge in [-0.3, -0.25) is 9.79 Å². The number of anilines is 1. The number of nitrogens with two attached hydrogens (primary N) is 2. The number of carbonyl (C=O) groups is 2. The maximum absolute atomic E-state index is 12.0. The number of aldehydes is 1. The molecule has 0 radical (unpaired) electrons. The van der Waals surface area contributed by atoms with Gasteiger partial charge >= 0.3 is 0 Å². The number of nitrogens with zero attached hydrogens (tertiary/aromatic N) is 1. The van der Waals surface area contributed by atoms with Crippen LogP contribution in [-0.2, 0) is 20.7 Å². The van der Waals surface area contributed by atoms with E-state index in [1.54, 1.807) is 0 Å². The first-order chi connectivity index (χ1) is 19.3. The summed E-state index contributed by atoms with van der Waals surface area (Å²) in [4.78, 5) is 25.4. The van der Waals surface area contributed by atoms with Crippen LogP contribution in [0.2, 0.25) is 0 Å². The Hall–Kier alpha value is -3.51. The van der Waals surface area contributed by atoms with Crippen LogP contribution in [0.1, 0.15) is 49.8 Å². The van der Waals surface area contributed by atoms with Crippen LogP contribution in [-0.4, -0.2) is 74.0 Å². The lowest BCUT2D eigenvalue weighted by molar-refractivity contribution is -0.123. The number of hydrogen-bond donors (Lipinski definition) is 7. The lowest BCUT2D eigenvalue weighted by Crippen LogP contribution is -2.44. The molecular weight excluding hydrogens is 512 g/mol. The minimum atomic E-state index is -0.750. The van der Waals surface area contributed by atoms with E-state index >= 15 is 0 Å². The Bertz CT molecular complexity index is 961. The number of aliphatic hydroxyl groups is 2. The van der Waals surface area contributed by atoms with Crippen molar-refractivity contribution in [1.29, 1.82) is 0 Å². The molecule has 2 fully saturated rings. The van der Waals surface area contributed by atoms with Gasteiger partial charge in [0.1, 0.15) is 19.2 Å². The first-order valence-electron chi connectivity index (χ1n) is 13.5. The number of guanidine groups is 1. The van der Waals surface area contributed by atoms with Crippen molar-refractivity contribution < 1.29 is 24.5 Å². The molecule has 40 heavy (non-hydrogen) atoms. The highest BCUT2D eigenvalue weighted by Crippen LogP contribution is 2.28. The van der Waals surface area contributed by atoms with Crippen LogP contribution < -0.4 is 27.4 Å². The molecule has 2 aromatic rings. The minimum Gasteiger partial charge on any atom is -0.388 e. The molecule has 222 valence electrons. The maximum Gasteiger partial charge on any atom is 0.237 e. The van der Waals surface area contributed by atoms with Gasteiger partial charge in [-0.25, -0.2) is 0 Å². The van der Waals surface area contributed by atoms with Crippen molar-refractivity contribution in [2.75, 3.05) is 38.9 Å². The summed E-state index contributed by atoms with van der Waals surface area (Å²) in [5.41, 5.74) is 13.7. The van der Waals surface area contributed by atoms with Gasteiger partial charge in [0.05, 0.1) is 12.6 Å². The molecule has 0 aromatic heterocycles. The summed E-state index contributed by atoms with van der Waals surface area (Å²) in [5.74, 6) is 0.220. The molecule has 11 heteroatoms. The number of nitrogens with one attached hydrogen (secondary N) is 3. The molecule has 2 aliphatic heterocycles. The quantitative estimate of drug-likeness (QED) is 0.0565. The number of amides is 1. The Labute approximate surface area is 237 Å². The topological polar surface area (TPSA) is 188 Å². The van der Waals surface area contributed by atoms with Crippen molar-refractivity contribution in [3.8, 4) is 0 Å². The molecule has 3 atom stereocenters. The molecule has 0 spiro atoms. The van der Waals surface area contributed by atoms with E-state index in [1.807, 2.05) is 25.2 Å². The van der Waals surface area contributed by atoms with Gasteiger partial charge in [0.15, 0.2) is 5.96 Å². The zero-order valence-electron chi connectivity index (χ0n) is 23.6. The molecule has 2 saturated heterocycles. The van der Waals surface area contributed by atoms with E-state index in [-0.39, 0.29) is 24.0 Å². The number of ether oxygens (including phenoxy) is 1. The van der Waals surface area contributed by atoms with E-state index in [9.17, 15) is 9.59 Å². The van der Waals surface area contributed by atoms with Crippen LogP contribution in [0, 0.1) is 0 Å². The number of carbonyl (C=O) groups excluding carboxylic acids is 2. The number of aliphatic imine (C=N–C) groups is 1. The summed E-state index contributed by atoms with van der Waals surface area (Å²) in [6, 6.07) is 18.8. The smallest absolute Gasteiger partial charge is 0.237 e. The monoisotopic (exact) mass is 558 g/mol. The first-order valence-corrected chi connectivity index (χ1v) is 13.5. The zero-order valence-corrected chi connectivity index (χ0v) is 23.6. The Morgan fingerprint density at radius 1 is 1.18 bits per heavy atom. The SMILES string of the molecule is CNc1ccc(CC(C)NC(=O)C2CCCN2)cc1.NC(N)=NCCCC=O.OCO.c1ccc(C2CO2)cc1. The van der Waals surface area contributed by atoms with Crippen molar-refractivity contribution >= 4 is 23.8 Å². The fraction of sp³-hybridized carbons (Fsp3) is 0.483. The van der Waals surface area contributed by atoms with E-state index in [0.717, 1.165) is 50.8 Å². The average Bonchev–Trinajstić information content (AvgIpc) is 3.66. The molecule has 0 bridgehead atoms. The fourth-order valence-electron chi connectivity index (χ4n) is 3.75. The molecule has 2 heterocycles. The van der Waals surface area contributed by atoms with Gasteiger partial charge in [-0.15, -0.1) is 0 Å². The van der Waals surface area contributed by atoms with Gasteiger partial charge in [0.25, 0.3) is 0 Å². The van der Waals surface area contributed by atoms with Gasteiger partial charge < -0.3 is 47.2 Å². The van der Waals surface area contributed by atoms with Crippen LogP contribution in [0.25, 0.3) is 0 Å². The highest BCUT2D eigenvalue weighted by Gasteiger charge is 2.24. The van der Waals surface area contributed by atoms with Crippen LogP contribution in [0.4, 0.5) is 5.69 Å². The number of benzene rings is 2. The van der Waals surface area contributed by atoms with E-state index in [4.69, 9.17) is 26.4 Å². The summed E-state index contributed by atoms with van der Waals surface area (Å²) in [5, 5.41) is 23.7. The average molecular weight is 559 g/mol. The lowest BCUT2D eigenvalue weighted by atomic mass is 10.1. The van der Waals surface area contributed by atoms with Crippen LogP contribution in [0.15, 0.2) is 59.6 Å². The predicted molar refractivity (Wildman–Crippen MR) is 159 cm³/mol. The van der Waals surface area contributed by atoms with Gasteiger partial charge in [-0.1, -0.05) is 42.5 Å². The Balaban J connectivity index is 0.000000317. The predicted octanol–water partition coefficient (Wildman–Crippen LogP) is 1.45. The maximum atomic E-state index is 12.0. The lowest BCUT2D eigenvalue weighted by Gasteiger charge is -2.17. The molecule has 4 rings (SSSR count). The minimum absolute atomic E-state index is 0.00844. The Kier molecular flexibility index (Phi) is 18.4. The molecule has 2 aromatic carbocycles. The summed E-state index contributed by atoms with van der Waals surface area (Å²) in [6.07, 6.45) is 5.42. The second-order valence-electron chi connectivity index (χ2n) is 9.20. The van der Waals surface area contributed by atoms with Crippen molar-refractivity contribution in [1.82, 2.24) is 10.6 Å². The van der Waals surface area contributed by atoms with Gasteiger partial charge in [0.2, 0.25) is 5.91 Å². The Morgan fingerprint density at radius 3 is 2.33 bits per heavy atom. The second kappa shape index (κ2) is 21.3. The van der Waals surface area contributed by atoms with Crippen LogP contribution in [0.5, 0.6) is 0 Å². The molecule has 0 saturated carbocycles. The highest BCUT2D eigenvalue weighted by molar-refractivity contribution is 5.82. The molecule has 0 aliphatic carbocycles. The van der Waals surface area contributed by atoms with Gasteiger partial charge in [-0.2, -0.15) is 0 Å². The number of rotatable bonds is 10. The summed E-state index contributed by atoms with van der Waals surface area (Å²) in [7, 11) is 1.91. The molecule has 9 N–H and O–H groups in total. The summed E-state index contributed by atoms with van der Waals surface area (Å²) in [6.45, 7) is 3.71. The van der Waals surface area contributed by atoms with Crippen molar-refractivity contribution in [2.24, 2.45) is 16.5 Å². The number of unbranched alkanes of at least 4 members (excludes halogenated alkanes) is 1. The third-order valence-corrected chi connectivity index (χ3v) is 5.83. The van der Waals surface area contributed by atoms with E-state index in [0.29, 0.717) is 19.1 Å². The van der Waals surface area contributed by atoms with E-state index in [2.05, 4.69) is 64.3 Å². The summed E-state index contributed by atoms with van der Waals surface area (Å²) < 4.78 is 5.09. The third-order valence-electron chi connectivity index (χ3n) is 5.83. The van der Waals surface area contributed by atoms with Crippen LogP contribution >= 0.6 is 0 Å². The van der Waals surface area contributed by atoms with E-state index < -0.39 is 6.79 Å².